The van der Waals surface area contributed by atoms with Crippen LogP contribution >= 0.6 is 0 Å². The highest BCUT2D eigenvalue weighted by atomic mass is 16.5. The Hall–Kier alpha value is -1.81. The van der Waals surface area contributed by atoms with Crippen molar-refractivity contribution in [3.8, 4) is 0 Å². The van der Waals surface area contributed by atoms with E-state index in [-0.39, 0.29) is 18.5 Å². The summed E-state index contributed by atoms with van der Waals surface area (Å²) in [6.45, 7) is -0.192. The maximum atomic E-state index is 10.3. The molecule has 2 aromatic rings. The Kier molecular flexibility index (Phi) is 3.26. The first kappa shape index (κ1) is 13.2. The van der Waals surface area contributed by atoms with Crippen molar-refractivity contribution < 1.29 is 14.9 Å². The number of aliphatic hydroxyl groups is 2. The van der Waals surface area contributed by atoms with Crippen LogP contribution in [0.25, 0.3) is 11.2 Å². The second-order valence-electron chi connectivity index (χ2n) is 4.64. The third-order valence-corrected chi connectivity index (χ3v) is 3.55. The number of hydrogen-bond donors (Lipinski definition) is 4. The van der Waals surface area contributed by atoms with Crippen molar-refractivity contribution in [1.82, 2.24) is 24.8 Å². The molecule has 3 rings (SSSR count). The molecule has 0 bridgehead atoms. The Morgan fingerprint density at radius 1 is 1.45 bits per heavy atom. The van der Waals surface area contributed by atoms with Crippen LogP contribution in [0.1, 0.15) is 6.23 Å². The van der Waals surface area contributed by atoms with E-state index in [0.717, 1.165) is 0 Å². The number of rotatable bonds is 3. The molecule has 0 amide bonds. The van der Waals surface area contributed by atoms with Gasteiger partial charge in [-0.15, -0.1) is 0 Å². The first-order chi connectivity index (χ1) is 9.67. The zero-order valence-corrected chi connectivity index (χ0v) is 10.8. The molecule has 0 aliphatic carbocycles. The second-order valence-corrected chi connectivity index (χ2v) is 4.64. The predicted molar refractivity (Wildman–Crippen MR) is 69.6 cm³/mol. The molecule has 9 heteroatoms. The second kappa shape index (κ2) is 4.94. The minimum atomic E-state index is -0.842. The van der Waals surface area contributed by atoms with Gasteiger partial charge < -0.3 is 26.0 Å². The maximum absolute atomic E-state index is 10.3. The van der Waals surface area contributed by atoms with Gasteiger partial charge in [-0.25, -0.2) is 15.0 Å². The first-order valence-corrected chi connectivity index (χ1v) is 6.22. The Bertz CT molecular complexity index is 617. The average Bonchev–Trinajstić information content (AvgIpc) is 3.00. The van der Waals surface area contributed by atoms with Gasteiger partial charge in [-0.3, -0.25) is 4.57 Å². The van der Waals surface area contributed by atoms with Gasteiger partial charge in [0.15, 0.2) is 17.7 Å². The van der Waals surface area contributed by atoms with Gasteiger partial charge in [-0.2, -0.15) is 0 Å². The van der Waals surface area contributed by atoms with E-state index in [1.165, 1.54) is 12.7 Å². The van der Waals surface area contributed by atoms with E-state index in [0.29, 0.717) is 11.2 Å². The molecule has 1 unspecified atom stereocenters. The Morgan fingerprint density at radius 3 is 2.90 bits per heavy atom. The van der Waals surface area contributed by atoms with E-state index in [9.17, 15) is 10.2 Å². The Labute approximate surface area is 114 Å². The van der Waals surface area contributed by atoms with Crippen molar-refractivity contribution in [2.24, 2.45) is 0 Å². The van der Waals surface area contributed by atoms with E-state index in [1.807, 2.05) is 0 Å². The number of ether oxygens (including phenoxy) is 1. The predicted octanol–water partition coefficient (Wildman–Crippen LogP) is -1.75. The minimum absolute atomic E-state index is 0.192. The number of likely N-dealkylation sites (N-methyl/N-ethyl adjacent to an activating group) is 1. The van der Waals surface area contributed by atoms with Crippen LogP contribution in [0.2, 0.25) is 0 Å². The summed E-state index contributed by atoms with van der Waals surface area (Å²) >= 11 is 0. The van der Waals surface area contributed by atoms with Crippen LogP contribution < -0.4 is 11.1 Å². The van der Waals surface area contributed by atoms with Crippen LogP contribution in [0, 0.1) is 0 Å². The molecule has 0 saturated carbocycles. The van der Waals surface area contributed by atoms with E-state index < -0.39 is 18.4 Å². The molecular weight excluding hydrogens is 264 g/mol. The molecule has 0 radical (unpaired) electrons. The third-order valence-electron chi connectivity index (χ3n) is 3.55. The fourth-order valence-corrected chi connectivity index (χ4v) is 2.54. The van der Waals surface area contributed by atoms with Gasteiger partial charge in [0.25, 0.3) is 0 Å². The first-order valence-electron chi connectivity index (χ1n) is 6.22. The minimum Gasteiger partial charge on any atom is -0.394 e. The van der Waals surface area contributed by atoms with Crippen LogP contribution in [0.4, 0.5) is 5.82 Å². The number of aliphatic hydroxyl groups excluding tert-OH is 2. The zero-order chi connectivity index (χ0) is 14.3. The summed E-state index contributed by atoms with van der Waals surface area (Å²) in [6.07, 6.45) is 0.790. The highest BCUT2D eigenvalue weighted by Gasteiger charge is 2.44. The largest absolute Gasteiger partial charge is 0.394 e. The highest BCUT2D eigenvalue weighted by molar-refractivity contribution is 5.81. The van der Waals surface area contributed by atoms with Gasteiger partial charge in [0.2, 0.25) is 0 Å². The Morgan fingerprint density at radius 2 is 2.25 bits per heavy atom. The number of fused-ring (bicyclic) bond motifs is 1. The molecule has 1 fully saturated rings. The SMILES string of the molecule is CNC1[C@@H](O)[C@H](n2cnc3c(N)ncnc32)O[C@@H]1CO. The molecule has 1 aliphatic heterocycles. The van der Waals surface area contributed by atoms with Crippen LogP contribution in [-0.4, -0.2) is 61.6 Å². The van der Waals surface area contributed by atoms with Crippen LogP contribution in [0.5, 0.6) is 0 Å². The normalized spacial score (nSPS) is 30.1. The van der Waals surface area contributed by atoms with Gasteiger partial charge in [0, 0.05) is 0 Å². The summed E-state index contributed by atoms with van der Waals surface area (Å²) in [4.78, 5) is 12.1. The lowest BCUT2D eigenvalue weighted by atomic mass is 10.1. The zero-order valence-electron chi connectivity index (χ0n) is 10.8. The number of nitrogens with two attached hydrogens (primary N) is 1. The number of nitrogen functional groups attached to an aromatic ring is 1. The summed E-state index contributed by atoms with van der Waals surface area (Å²) in [5.74, 6) is 0.269. The molecule has 9 nitrogen and oxygen atoms in total. The molecule has 2 aromatic heterocycles. The lowest BCUT2D eigenvalue weighted by Gasteiger charge is -2.18. The van der Waals surface area contributed by atoms with Gasteiger partial charge >= 0.3 is 0 Å². The van der Waals surface area contributed by atoms with E-state index in [1.54, 1.807) is 11.6 Å². The number of nitrogens with one attached hydrogen (secondary N) is 1. The van der Waals surface area contributed by atoms with Gasteiger partial charge in [0.1, 0.15) is 24.1 Å². The van der Waals surface area contributed by atoms with Crippen molar-refractivity contribution >= 4 is 17.0 Å². The van der Waals surface area contributed by atoms with Crippen LogP contribution in [-0.2, 0) is 4.74 Å². The van der Waals surface area contributed by atoms with E-state index in [4.69, 9.17) is 10.5 Å². The molecule has 1 aliphatic rings. The number of nitrogens with zero attached hydrogens (tertiary/aromatic N) is 4. The average molecular weight is 280 g/mol. The molecule has 20 heavy (non-hydrogen) atoms. The smallest absolute Gasteiger partial charge is 0.167 e. The maximum Gasteiger partial charge on any atom is 0.167 e. The van der Waals surface area contributed by atoms with Gasteiger partial charge in [-0.1, -0.05) is 0 Å². The Balaban J connectivity index is 2.01. The third kappa shape index (κ3) is 1.83. The summed E-state index contributed by atoms with van der Waals surface area (Å²) in [5, 5.41) is 22.6. The quantitative estimate of drug-likeness (QED) is 0.520. The number of anilines is 1. The van der Waals surface area contributed by atoms with E-state index in [2.05, 4.69) is 20.3 Å². The molecule has 1 saturated heterocycles. The molecular formula is C11H16N6O3. The molecule has 0 spiro atoms. The topological polar surface area (TPSA) is 131 Å². The van der Waals surface area contributed by atoms with Crippen molar-refractivity contribution in [2.45, 2.75) is 24.5 Å². The summed E-state index contributed by atoms with van der Waals surface area (Å²) in [5.41, 5.74) is 6.66. The lowest BCUT2D eigenvalue weighted by molar-refractivity contribution is -0.0489. The molecule has 5 N–H and O–H groups in total. The fraction of sp³-hybridized carbons (Fsp3) is 0.545. The van der Waals surface area contributed by atoms with Crippen LogP contribution in [0.15, 0.2) is 12.7 Å². The molecule has 3 heterocycles. The number of imidazole rings is 1. The van der Waals surface area contributed by atoms with Gasteiger partial charge in [0.05, 0.1) is 19.0 Å². The van der Waals surface area contributed by atoms with Crippen molar-refractivity contribution in [3.05, 3.63) is 12.7 Å². The summed E-state index contributed by atoms with van der Waals surface area (Å²) in [7, 11) is 1.70. The summed E-state index contributed by atoms with van der Waals surface area (Å²) < 4.78 is 7.27. The molecule has 108 valence electrons. The molecule has 0 aromatic carbocycles. The fourth-order valence-electron chi connectivity index (χ4n) is 2.54. The number of hydrogen-bond acceptors (Lipinski definition) is 8. The standard InChI is InChI=1S/C11H16N6O3/c1-13-6-5(2-18)20-11(8(6)19)17-4-16-7-9(12)14-3-15-10(7)17/h3-6,8,11,13,18-19H,2H2,1H3,(H2,12,14,15)/t5-,6?,8-,11-/m1/s1. The van der Waals surface area contributed by atoms with E-state index >= 15 is 0 Å². The number of aromatic nitrogens is 4. The monoisotopic (exact) mass is 280 g/mol. The lowest BCUT2D eigenvalue weighted by Crippen LogP contribution is -2.43. The summed E-state index contributed by atoms with van der Waals surface area (Å²) in [6, 6.07) is -0.373. The highest BCUT2D eigenvalue weighted by Crippen LogP contribution is 2.31. The van der Waals surface area contributed by atoms with Crippen LogP contribution in [0.3, 0.4) is 0 Å². The van der Waals surface area contributed by atoms with Gasteiger partial charge in [-0.05, 0) is 7.05 Å². The molecule has 4 atom stereocenters. The van der Waals surface area contributed by atoms with Crippen molar-refractivity contribution in [2.75, 3.05) is 19.4 Å². The van der Waals surface area contributed by atoms with Crippen molar-refractivity contribution in [1.29, 1.82) is 0 Å². The van der Waals surface area contributed by atoms with Crippen molar-refractivity contribution in [3.63, 3.8) is 0 Å².